The Morgan fingerprint density at radius 2 is 1.83 bits per heavy atom. The molecule has 0 saturated carbocycles. The summed E-state index contributed by atoms with van der Waals surface area (Å²) in [6.07, 6.45) is 0. The summed E-state index contributed by atoms with van der Waals surface area (Å²) in [5, 5.41) is 17.1. The first-order valence-corrected chi connectivity index (χ1v) is 11.3. The van der Waals surface area contributed by atoms with Crippen LogP contribution in [0.4, 0.5) is 5.69 Å². The zero-order valence-corrected chi connectivity index (χ0v) is 17.7. The largest absolute Gasteiger partial charge is 0.327 e. The Morgan fingerprint density at radius 3 is 2.53 bits per heavy atom. The van der Waals surface area contributed by atoms with Gasteiger partial charge in [0.15, 0.2) is 5.65 Å². The number of sulfonamides is 1. The number of benzene rings is 2. The molecule has 0 spiro atoms. The Labute approximate surface area is 176 Å². The predicted molar refractivity (Wildman–Crippen MR) is 116 cm³/mol. The van der Waals surface area contributed by atoms with Gasteiger partial charge in [-0.15, -0.1) is 10.2 Å². The Bertz CT molecular complexity index is 1370. The molecule has 3 N–H and O–H groups in total. The third-order valence-corrected chi connectivity index (χ3v) is 6.47. The van der Waals surface area contributed by atoms with Crippen molar-refractivity contribution in [2.24, 2.45) is 12.2 Å². The summed E-state index contributed by atoms with van der Waals surface area (Å²) in [6.45, 7) is 1.73. The van der Waals surface area contributed by atoms with Crippen molar-refractivity contribution >= 4 is 55.4 Å². The molecule has 154 valence electrons. The number of nitrogens with one attached hydrogen (secondary N) is 1. The van der Waals surface area contributed by atoms with Crippen LogP contribution in [0.25, 0.3) is 22.1 Å². The monoisotopic (exact) mass is 442 g/mol. The highest BCUT2D eigenvalue weighted by Gasteiger charge is 2.19. The van der Waals surface area contributed by atoms with Crippen molar-refractivity contribution in [1.29, 1.82) is 0 Å². The number of nitrogens with two attached hydrogens (primary N) is 1. The van der Waals surface area contributed by atoms with Gasteiger partial charge in [-0.1, -0.05) is 30.0 Å². The van der Waals surface area contributed by atoms with Gasteiger partial charge >= 0.3 is 0 Å². The standard InChI is InChI=1S/C19H18N6O3S2/c1-11(18(26)21-12-7-9-13(10-8-12)30(20,27)28)29-19-22-17-16(23-24-19)14-5-3-4-6-15(14)25(17)2/h3-11H,1-2H3,(H,21,26)(H2,20,27,28)/t11-/m0/s1. The van der Waals surface area contributed by atoms with Gasteiger partial charge in [-0.25, -0.2) is 18.5 Å². The summed E-state index contributed by atoms with van der Waals surface area (Å²) >= 11 is 1.19. The minimum Gasteiger partial charge on any atom is -0.327 e. The van der Waals surface area contributed by atoms with Crippen molar-refractivity contribution in [2.45, 2.75) is 22.2 Å². The summed E-state index contributed by atoms with van der Waals surface area (Å²) in [4.78, 5) is 17.1. The highest BCUT2D eigenvalue weighted by Crippen LogP contribution is 2.27. The van der Waals surface area contributed by atoms with Gasteiger partial charge in [-0.05, 0) is 37.3 Å². The number of rotatable bonds is 5. The van der Waals surface area contributed by atoms with Crippen molar-refractivity contribution in [3.8, 4) is 0 Å². The molecule has 0 radical (unpaired) electrons. The van der Waals surface area contributed by atoms with Crippen LogP contribution >= 0.6 is 11.8 Å². The number of hydrogen-bond donors (Lipinski definition) is 2. The second-order valence-corrected chi connectivity index (χ2v) is 9.53. The van der Waals surface area contributed by atoms with E-state index in [-0.39, 0.29) is 10.8 Å². The minimum absolute atomic E-state index is 0.0225. The molecular weight excluding hydrogens is 424 g/mol. The van der Waals surface area contributed by atoms with Crippen molar-refractivity contribution in [3.05, 3.63) is 48.5 Å². The predicted octanol–water partition coefficient (Wildman–Crippen LogP) is 2.28. The first kappa shape index (κ1) is 20.3. The zero-order chi connectivity index (χ0) is 21.5. The van der Waals surface area contributed by atoms with Crippen LogP contribution in [0.1, 0.15) is 6.92 Å². The maximum Gasteiger partial charge on any atom is 0.238 e. The zero-order valence-electron chi connectivity index (χ0n) is 16.1. The number of amides is 1. The second kappa shape index (κ2) is 7.67. The normalized spacial score (nSPS) is 12.9. The molecule has 30 heavy (non-hydrogen) atoms. The maximum absolute atomic E-state index is 12.5. The number of para-hydroxylation sites is 1. The number of hydrogen-bond acceptors (Lipinski definition) is 7. The smallest absolute Gasteiger partial charge is 0.238 e. The fraction of sp³-hybridized carbons (Fsp3) is 0.158. The molecule has 0 saturated heterocycles. The van der Waals surface area contributed by atoms with E-state index in [1.54, 1.807) is 6.92 Å². The van der Waals surface area contributed by atoms with Gasteiger partial charge in [0.25, 0.3) is 0 Å². The third-order valence-electron chi connectivity index (χ3n) is 4.59. The van der Waals surface area contributed by atoms with Crippen molar-refractivity contribution in [3.63, 3.8) is 0 Å². The van der Waals surface area contributed by atoms with E-state index in [0.717, 1.165) is 10.9 Å². The SMILES string of the molecule is C[C@H](Sc1nnc2c3ccccc3n(C)c2n1)C(=O)Nc1ccc(S(N)(=O)=O)cc1. The topological polar surface area (TPSA) is 133 Å². The highest BCUT2D eigenvalue weighted by atomic mass is 32.2. The van der Waals surface area contributed by atoms with Gasteiger partial charge in [0.05, 0.1) is 15.7 Å². The molecule has 1 atom stereocenters. The van der Waals surface area contributed by atoms with Gasteiger partial charge < -0.3 is 9.88 Å². The van der Waals surface area contributed by atoms with Crippen LogP contribution in [-0.2, 0) is 21.9 Å². The van der Waals surface area contributed by atoms with Crippen LogP contribution in [0, 0.1) is 0 Å². The van der Waals surface area contributed by atoms with Gasteiger partial charge in [-0.3, -0.25) is 4.79 Å². The Kier molecular flexibility index (Phi) is 5.18. The molecule has 2 aromatic carbocycles. The van der Waals surface area contributed by atoms with Crippen LogP contribution in [0.15, 0.2) is 58.6 Å². The molecule has 4 aromatic rings. The molecule has 2 heterocycles. The number of thioether (sulfide) groups is 1. The van der Waals surface area contributed by atoms with E-state index in [2.05, 4.69) is 20.5 Å². The Morgan fingerprint density at radius 1 is 1.13 bits per heavy atom. The fourth-order valence-electron chi connectivity index (χ4n) is 3.03. The molecular formula is C19H18N6O3S2. The molecule has 0 unspecified atom stereocenters. The lowest BCUT2D eigenvalue weighted by Crippen LogP contribution is -2.22. The van der Waals surface area contributed by atoms with Crippen LogP contribution in [0.5, 0.6) is 0 Å². The molecule has 4 rings (SSSR count). The highest BCUT2D eigenvalue weighted by molar-refractivity contribution is 8.00. The molecule has 0 bridgehead atoms. The molecule has 11 heteroatoms. The van der Waals surface area contributed by atoms with Gasteiger partial charge in [0.1, 0.15) is 5.52 Å². The second-order valence-electron chi connectivity index (χ2n) is 6.66. The summed E-state index contributed by atoms with van der Waals surface area (Å²) in [5.74, 6) is -0.274. The lowest BCUT2D eigenvalue weighted by Gasteiger charge is -2.11. The van der Waals surface area contributed by atoms with Crippen LogP contribution in [-0.4, -0.2) is 39.3 Å². The molecule has 0 aliphatic heterocycles. The van der Waals surface area contributed by atoms with Crippen LogP contribution in [0.3, 0.4) is 0 Å². The first-order valence-electron chi connectivity index (χ1n) is 8.92. The van der Waals surface area contributed by atoms with Gasteiger partial charge in [0.2, 0.25) is 21.1 Å². The molecule has 0 fully saturated rings. The van der Waals surface area contributed by atoms with E-state index in [0.29, 0.717) is 22.0 Å². The number of anilines is 1. The number of aromatic nitrogens is 4. The molecule has 2 aromatic heterocycles. The van der Waals surface area contributed by atoms with Crippen molar-refractivity contribution in [2.75, 3.05) is 5.32 Å². The van der Waals surface area contributed by atoms with Crippen molar-refractivity contribution in [1.82, 2.24) is 19.7 Å². The van der Waals surface area contributed by atoms with Crippen LogP contribution < -0.4 is 10.5 Å². The van der Waals surface area contributed by atoms with Crippen LogP contribution in [0.2, 0.25) is 0 Å². The van der Waals surface area contributed by atoms with Gasteiger partial charge in [0, 0.05) is 18.1 Å². The summed E-state index contributed by atoms with van der Waals surface area (Å²) in [7, 11) is -1.87. The van der Waals surface area contributed by atoms with E-state index in [1.807, 2.05) is 35.9 Å². The maximum atomic E-state index is 12.5. The number of fused-ring (bicyclic) bond motifs is 3. The lowest BCUT2D eigenvalue weighted by molar-refractivity contribution is -0.115. The molecule has 1 amide bonds. The van der Waals surface area contributed by atoms with E-state index in [1.165, 1.54) is 36.0 Å². The average molecular weight is 443 g/mol. The average Bonchev–Trinajstić information content (AvgIpc) is 3.00. The first-order chi connectivity index (χ1) is 14.2. The quantitative estimate of drug-likeness (QED) is 0.453. The number of carbonyl (C=O) groups excluding carboxylic acids is 1. The third kappa shape index (κ3) is 3.86. The van der Waals surface area contributed by atoms with E-state index in [9.17, 15) is 13.2 Å². The van der Waals surface area contributed by atoms with E-state index < -0.39 is 15.3 Å². The van der Waals surface area contributed by atoms with E-state index >= 15 is 0 Å². The number of primary sulfonamides is 1. The summed E-state index contributed by atoms with van der Waals surface area (Å²) < 4.78 is 24.6. The summed E-state index contributed by atoms with van der Waals surface area (Å²) in [6, 6.07) is 13.5. The Hall–Kier alpha value is -3.02. The summed E-state index contributed by atoms with van der Waals surface area (Å²) in [5.41, 5.74) is 2.87. The van der Waals surface area contributed by atoms with Crippen molar-refractivity contribution < 1.29 is 13.2 Å². The molecule has 0 aliphatic carbocycles. The molecule has 9 nitrogen and oxygen atoms in total. The lowest BCUT2D eigenvalue weighted by atomic mass is 10.2. The Balaban J connectivity index is 1.51. The molecule has 0 aliphatic rings. The minimum atomic E-state index is -3.78. The van der Waals surface area contributed by atoms with Gasteiger partial charge in [-0.2, -0.15) is 0 Å². The number of nitrogens with zero attached hydrogens (tertiary/aromatic N) is 4. The fourth-order valence-corrected chi connectivity index (χ4v) is 4.25. The number of carbonyl (C=O) groups is 1. The van der Waals surface area contributed by atoms with E-state index in [4.69, 9.17) is 5.14 Å². The number of aryl methyl sites for hydroxylation is 1.